The van der Waals surface area contributed by atoms with Gasteiger partial charge in [-0.1, -0.05) is 164 Å². The summed E-state index contributed by atoms with van der Waals surface area (Å²) in [5.74, 6) is 1.62. The van der Waals surface area contributed by atoms with Gasteiger partial charge in [0.1, 0.15) is 23.7 Å². The van der Waals surface area contributed by atoms with E-state index in [9.17, 15) is 0 Å². The highest BCUT2D eigenvalue weighted by Crippen LogP contribution is 2.41. The van der Waals surface area contributed by atoms with E-state index >= 15 is 0 Å². The fourth-order valence-electron chi connectivity index (χ4n) is 6.08. The third-order valence-electron chi connectivity index (χ3n) is 8.24. The molecule has 7 rings (SSSR count). The molecule has 45 heavy (non-hydrogen) atoms. The van der Waals surface area contributed by atoms with Gasteiger partial charge in [-0.25, -0.2) is 0 Å². The van der Waals surface area contributed by atoms with Crippen LogP contribution in [0.4, 0.5) is 0 Å². The zero-order valence-electron chi connectivity index (χ0n) is 25.0. The smallest absolute Gasteiger partial charge is 0.156 e. The number of hydrogen-bond acceptors (Lipinski definition) is 3. The first-order valence-corrected chi connectivity index (χ1v) is 15.4. The van der Waals surface area contributed by atoms with Crippen molar-refractivity contribution in [2.24, 2.45) is 0 Å². The second kappa shape index (κ2) is 13.1. The Morgan fingerprint density at radius 1 is 0.400 bits per heavy atom. The van der Waals surface area contributed by atoms with Crippen LogP contribution in [0.5, 0.6) is 11.5 Å². The van der Waals surface area contributed by atoms with Crippen molar-refractivity contribution in [3.8, 4) is 11.5 Å². The second-order valence-corrected chi connectivity index (χ2v) is 11.1. The van der Waals surface area contributed by atoms with Crippen LogP contribution in [0.1, 0.15) is 16.7 Å². The SMILES string of the molecule is c1ccc(C(OCC(COc2cccc3ccccc23)Oc2cccc3ccccc23)(c2ccccc2)c2ccccc2)cc1. The lowest BCUT2D eigenvalue weighted by molar-refractivity contribution is -0.0406. The van der Waals surface area contributed by atoms with Gasteiger partial charge in [0, 0.05) is 10.8 Å². The van der Waals surface area contributed by atoms with Crippen LogP contribution < -0.4 is 9.47 Å². The zero-order valence-corrected chi connectivity index (χ0v) is 25.0. The molecule has 3 heteroatoms. The summed E-state index contributed by atoms with van der Waals surface area (Å²) < 4.78 is 20.6. The first-order chi connectivity index (χ1) is 22.3. The molecular weight excluding hydrogens is 552 g/mol. The summed E-state index contributed by atoms with van der Waals surface area (Å²) in [4.78, 5) is 0. The third-order valence-corrected chi connectivity index (χ3v) is 8.24. The average Bonchev–Trinajstić information content (AvgIpc) is 3.12. The highest BCUT2D eigenvalue weighted by molar-refractivity contribution is 5.89. The van der Waals surface area contributed by atoms with Crippen molar-refractivity contribution in [2.75, 3.05) is 13.2 Å². The largest absolute Gasteiger partial charge is 0.489 e. The minimum Gasteiger partial charge on any atom is -0.489 e. The van der Waals surface area contributed by atoms with Crippen molar-refractivity contribution in [3.63, 3.8) is 0 Å². The maximum Gasteiger partial charge on any atom is 0.156 e. The van der Waals surface area contributed by atoms with Gasteiger partial charge in [0.2, 0.25) is 0 Å². The summed E-state index contributed by atoms with van der Waals surface area (Å²) in [6.45, 7) is 0.568. The van der Waals surface area contributed by atoms with Crippen molar-refractivity contribution in [1.82, 2.24) is 0 Å². The second-order valence-electron chi connectivity index (χ2n) is 11.1. The molecule has 0 radical (unpaired) electrons. The average molecular weight is 587 g/mol. The molecule has 0 aliphatic carbocycles. The summed E-state index contributed by atoms with van der Waals surface area (Å²) in [7, 11) is 0. The normalized spacial score (nSPS) is 12.2. The van der Waals surface area contributed by atoms with Gasteiger partial charge in [0.15, 0.2) is 6.10 Å². The summed E-state index contributed by atoms with van der Waals surface area (Å²) in [5, 5.41) is 4.37. The van der Waals surface area contributed by atoms with Crippen LogP contribution in [0.3, 0.4) is 0 Å². The lowest BCUT2D eigenvalue weighted by Crippen LogP contribution is -2.39. The quantitative estimate of drug-likeness (QED) is 0.141. The molecule has 0 bridgehead atoms. The predicted octanol–water partition coefficient (Wildman–Crippen LogP) is 9.83. The number of rotatable bonds is 11. The van der Waals surface area contributed by atoms with Gasteiger partial charge < -0.3 is 14.2 Å². The van der Waals surface area contributed by atoms with Gasteiger partial charge in [-0.05, 0) is 39.6 Å². The number of ether oxygens (including phenoxy) is 3. The van der Waals surface area contributed by atoms with E-state index in [1.165, 1.54) is 0 Å². The monoisotopic (exact) mass is 586 g/mol. The molecule has 1 atom stereocenters. The van der Waals surface area contributed by atoms with Crippen LogP contribution >= 0.6 is 0 Å². The van der Waals surface area contributed by atoms with Gasteiger partial charge in [-0.15, -0.1) is 0 Å². The standard InChI is InChI=1S/C42H34O3/c1-4-20-34(21-5-1)42(35-22-6-2-7-23-35,36-24-8-3-9-25-36)44-31-37(45-41-29-15-19-33-17-11-13-27-39(33)41)30-43-40-28-14-18-32-16-10-12-26-38(32)40/h1-29,37H,30-31H2. The lowest BCUT2D eigenvalue weighted by Gasteiger charge is -2.37. The minimum atomic E-state index is -0.871. The van der Waals surface area contributed by atoms with E-state index in [2.05, 4.69) is 109 Å². The molecule has 0 aromatic heterocycles. The first kappa shape index (κ1) is 28.4. The van der Waals surface area contributed by atoms with Crippen LogP contribution in [0.25, 0.3) is 21.5 Å². The Hall–Kier alpha value is -5.38. The van der Waals surface area contributed by atoms with Crippen molar-refractivity contribution < 1.29 is 14.2 Å². The molecule has 0 aliphatic heterocycles. The number of hydrogen-bond donors (Lipinski definition) is 0. The highest BCUT2D eigenvalue weighted by atomic mass is 16.6. The van der Waals surface area contributed by atoms with Gasteiger partial charge in [-0.3, -0.25) is 0 Å². The van der Waals surface area contributed by atoms with Crippen molar-refractivity contribution in [2.45, 2.75) is 11.7 Å². The molecule has 7 aromatic carbocycles. The van der Waals surface area contributed by atoms with E-state index in [1.54, 1.807) is 0 Å². The zero-order chi connectivity index (χ0) is 30.3. The maximum absolute atomic E-state index is 7.21. The van der Waals surface area contributed by atoms with Gasteiger partial charge in [0.25, 0.3) is 0 Å². The first-order valence-electron chi connectivity index (χ1n) is 15.4. The van der Waals surface area contributed by atoms with Crippen molar-refractivity contribution >= 4 is 21.5 Å². The molecule has 0 spiro atoms. The van der Waals surface area contributed by atoms with Gasteiger partial charge in [0.05, 0.1) is 6.61 Å². The molecule has 0 N–H and O–H groups in total. The van der Waals surface area contributed by atoms with Crippen LogP contribution in [0.2, 0.25) is 0 Å². The van der Waals surface area contributed by atoms with E-state index in [-0.39, 0.29) is 6.61 Å². The Morgan fingerprint density at radius 2 is 0.822 bits per heavy atom. The Labute approximate surface area is 264 Å². The summed E-state index contributed by atoms with van der Waals surface area (Å²) in [5.41, 5.74) is 2.26. The molecule has 0 amide bonds. The van der Waals surface area contributed by atoms with Crippen molar-refractivity contribution in [3.05, 3.63) is 193 Å². The lowest BCUT2D eigenvalue weighted by atomic mass is 9.80. The molecule has 0 aliphatic rings. The van der Waals surface area contributed by atoms with E-state index in [4.69, 9.17) is 14.2 Å². The van der Waals surface area contributed by atoms with E-state index < -0.39 is 11.7 Å². The number of fused-ring (bicyclic) bond motifs is 2. The summed E-state index contributed by atoms with van der Waals surface area (Å²) >= 11 is 0. The molecule has 0 heterocycles. The molecule has 0 fully saturated rings. The minimum absolute atomic E-state index is 0.271. The van der Waals surface area contributed by atoms with E-state index in [1.807, 2.05) is 66.7 Å². The predicted molar refractivity (Wildman–Crippen MR) is 183 cm³/mol. The fourth-order valence-corrected chi connectivity index (χ4v) is 6.08. The molecule has 3 nitrogen and oxygen atoms in total. The molecule has 0 saturated heterocycles. The maximum atomic E-state index is 7.21. The Morgan fingerprint density at radius 3 is 1.36 bits per heavy atom. The van der Waals surface area contributed by atoms with Gasteiger partial charge >= 0.3 is 0 Å². The molecule has 220 valence electrons. The summed E-state index contributed by atoms with van der Waals surface area (Å²) in [6, 6.07) is 60.1. The highest BCUT2D eigenvalue weighted by Gasteiger charge is 2.38. The molecular formula is C42H34O3. The number of benzene rings is 7. The Balaban J connectivity index is 1.28. The molecule has 1 unspecified atom stereocenters. The Kier molecular flexibility index (Phi) is 8.26. The topological polar surface area (TPSA) is 27.7 Å². The molecule has 7 aromatic rings. The summed E-state index contributed by atoms with van der Waals surface area (Å²) in [6.07, 6.45) is -0.426. The van der Waals surface area contributed by atoms with Crippen LogP contribution in [-0.4, -0.2) is 19.3 Å². The van der Waals surface area contributed by atoms with Gasteiger partial charge in [-0.2, -0.15) is 0 Å². The Bertz CT molecular complexity index is 1880. The van der Waals surface area contributed by atoms with Crippen LogP contribution in [0.15, 0.2) is 176 Å². The van der Waals surface area contributed by atoms with E-state index in [0.717, 1.165) is 49.7 Å². The van der Waals surface area contributed by atoms with Crippen LogP contribution in [0, 0.1) is 0 Å². The fraction of sp³-hybridized carbons (Fsp3) is 0.0952. The third kappa shape index (κ3) is 5.91. The van der Waals surface area contributed by atoms with Crippen LogP contribution in [-0.2, 0) is 10.3 Å². The molecule has 0 saturated carbocycles. The van der Waals surface area contributed by atoms with E-state index in [0.29, 0.717) is 6.61 Å². The van der Waals surface area contributed by atoms with Crippen molar-refractivity contribution in [1.29, 1.82) is 0 Å².